The van der Waals surface area contributed by atoms with Crippen molar-refractivity contribution < 1.29 is 42.1 Å². The molecule has 5 rings (SSSR count). The van der Waals surface area contributed by atoms with Crippen molar-refractivity contribution in [1.29, 1.82) is 0 Å². The smallest absolute Gasteiger partial charge is 0.410 e. The number of nitrogens with zero attached hydrogens (tertiary/aromatic N) is 1. The first kappa shape index (κ1) is 35.4. The summed E-state index contributed by atoms with van der Waals surface area (Å²) in [5, 5.41) is 2.13. The normalized spacial score (nSPS) is 18.9. The summed E-state index contributed by atoms with van der Waals surface area (Å²) < 4.78 is 61.4. The molecule has 2 unspecified atom stereocenters. The Morgan fingerprint density at radius 1 is 1.08 bits per heavy atom. The van der Waals surface area contributed by atoms with Crippen molar-refractivity contribution in [3.8, 4) is 22.6 Å². The third-order valence-electron chi connectivity index (χ3n) is 8.16. The molecule has 258 valence electrons. The van der Waals surface area contributed by atoms with E-state index >= 15 is 8.78 Å². The maximum Gasteiger partial charge on any atom is 0.410 e. The molecule has 0 radical (unpaired) electrons. The number of fused-ring (bicyclic) bond motifs is 1. The van der Waals surface area contributed by atoms with Crippen LogP contribution in [0.4, 0.5) is 13.6 Å². The van der Waals surface area contributed by atoms with Crippen LogP contribution in [-0.2, 0) is 26.2 Å². The minimum Gasteiger partial charge on any atom is -0.488 e. The van der Waals surface area contributed by atoms with Gasteiger partial charge in [0.05, 0.1) is 23.7 Å². The maximum absolute atomic E-state index is 16.6. The van der Waals surface area contributed by atoms with E-state index in [0.717, 1.165) is 25.3 Å². The molecule has 48 heavy (non-hydrogen) atoms. The molecule has 1 N–H and O–H groups in total. The average Bonchev–Trinajstić information content (AvgIpc) is 3.42. The zero-order chi connectivity index (χ0) is 34.6. The van der Waals surface area contributed by atoms with Crippen LogP contribution in [0, 0.1) is 11.6 Å². The first-order valence-corrected chi connectivity index (χ1v) is 16.3. The molecule has 0 aromatic heterocycles. The zero-order valence-corrected chi connectivity index (χ0v) is 28.5. The molecule has 3 aromatic rings. The molecule has 1 fully saturated rings. The Morgan fingerprint density at radius 2 is 1.83 bits per heavy atom. The molecule has 2 aliphatic heterocycles. The van der Waals surface area contributed by atoms with Crippen LogP contribution in [0.25, 0.3) is 11.1 Å². The molecule has 0 bridgehead atoms. The lowest BCUT2D eigenvalue weighted by molar-refractivity contribution is -0.165. The van der Waals surface area contributed by atoms with Crippen LogP contribution < -0.4 is 14.8 Å². The Morgan fingerprint density at radius 3 is 2.50 bits per heavy atom. The van der Waals surface area contributed by atoms with E-state index in [2.05, 4.69) is 5.32 Å². The molecule has 2 heterocycles. The summed E-state index contributed by atoms with van der Waals surface area (Å²) in [6, 6.07) is 13.0. The lowest BCUT2D eigenvalue weighted by Gasteiger charge is -2.34. The number of amides is 2. The standard InChI is InChI=1S/C36H41ClF2N2O7/c1-35(2,3)48-34(43)41(5)21-36(22-11-7-6-8-12-22)20-24-27(47-36)19-25(38)31(37)29(24)30-23(33(42)40-4)14-15-26(32(30)39)44-17-18-46-28-13-9-10-16-45-28/h6-8,11-12,14-15,19,28H,9-10,13,16-18,20-21H2,1-5H3,(H,40,42). The van der Waals surface area contributed by atoms with Crippen molar-refractivity contribution in [2.24, 2.45) is 0 Å². The summed E-state index contributed by atoms with van der Waals surface area (Å²) in [6.07, 6.45) is 1.87. The lowest BCUT2D eigenvalue weighted by Crippen LogP contribution is -2.46. The quantitative estimate of drug-likeness (QED) is 0.224. The van der Waals surface area contributed by atoms with Crippen LogP contribution >= 0.6 is 11.6 Å². The number of halogens is 3. The fourth-order valence-corrected chi connectivity index (χ4v) is 6.24. The Bertz CT molecular complexity index is 1640. The SMILES string of the molecule is CNC(=O)c1ccc(OCCOC2CCCCO2)c(F)c1-c1c(Cl)c(F)cc2c1CC(CN(C)C(=O)OC(C)(C)C)(c1ccccc1)O2. The molecule has 12 heteroatoms. The fraction of sp³-hybridized carbons (Fsp3) is 0.444. The number of likely N-dealkylation sites (N-methyl/N-ethyl adjacent to an activating group) is 1. The number of carbonyl (C=O) groups is 2. The van der Waals surface area contributed by atoms with Crippen molar-refractivity contribution in [3.63, 3.8) is 0 Å². The van der Waals surface area contributed by atoms with Crippen molar-refractivity contribution in [2.75, 3.05) is 40.5 Å². The van der Waals surface area contributed by atoms with Gasteiger partial charge in [-0.2, -0.15) is 0 Å². The van der Waals surface area contributed by atoms with Crippen LogP contribution in [-0.4, -0.2) is 69.3 Å². The van der Waals surface area contributed by atoms with Crippen LogP contribution in [0.1, 0.15) is 61.5 Å². The summed E-state index contributed by atoms with van der Waals surface area (Å²) in [5.41, 5.74) is -1.29. The molecular formula is C36H41ClF2N2O7. The van der Waals surface area contributed by atoms with Gasteiger partial charge >= 0.3 is 6.09 Å². The summed E-state index contributed by atoms with van der Waals surface area (Å²) >= 11 is 6.65. The molecule has 0 spiro atoms. The van der Waals surface area contributed by atoms with E-state index in [0.29, 0.717) is 17.7 Å². The van der Waals surface area contributed by atoms with Crippen LogP contribution in [0.3, 0.4) is 0 Å². The number of benzene rings is 3. The van der Waals surface area contributed by atoms with Gasteiger partial charge in [-0.15, -0.1) is 0 Å². The van der Waals surface area contributed by atoms with Crippen LogP contribution in [0.5, 0.6) is 11.5 Å². The minimum absolute atomic E-state index is 0.00175. The monoisotopic (exact) mass is 686 g/mol. The van der Waals surface area contributed by atoms with E-state index in [1.807, 2.05) is 30.3 Å². The van der Waals surface area contributed by atoms with Gasteiger partial charge in [0.2, 0.25) is 0 Å². The summed E-state index contributed by atoms with van der Waals surface area (Å²) in [5.74, 6) is -2.45. The molecule has 3 aromatic carbocycles. The van der Waals surface area contributed by atoms with E-state index in [9.17, 15) is 9.59 Å². The minimum atomic E-state index is -1.24. The van der Waals surface area contributed by atoms with Gasteiger partial charge in [-0.3, -0.25) is 4.79 Å². The lowest BCUT2D eigenvalue weighted by atomic mass is 9.85. The van der Waals surface area contributed by atoms with Gasteiger partial charge in [0.25, 0.3) is 5.91 Å². The molecule has 0 aliphatic carbocycles. The highest BCUT2D eigenvalue weighted by Gasteiger charge is 2.46. The average molecular weight is 687 g/mol. The topological polar surface area (TPSA) is 95.6 Å². The van der Waals surface area contributed by atoms with Gasteiger partial charge in [-0.1, -0.05) is 41.9 Å². The predicted octanol–water partition coefficient (Wildman–Crippen LogP) is 7.26. The number of hydrogen-bond donors (Lipinski definition) is 1. The Balaban J connectivity index is 1.55. The van der Waals surface area contributed by atoms with Crippen molar-refractivity contribution >= 4 is 23.6 Å². The first-order chi connectivity index (χ1) is 22.8. The third-order valence-corrected chi connectivity index (χ3v) is 8.53. The van der Waals surface area contributed by atoms with Gasteiger partial charge in [0, 0.05) is 49.9 Å². The van der Waals surface area contributed by atoms with Gasteiger partial charge in [0.1, 0.15) is 23.8 Å². The molecular weight excluding hydrogens is 646 g/mol. The molecule has 0 saturated carbocycles. The second-order valence-corrected chi connectivity index (χ2v) is 13.3. The number of carbonyl (C=O) groups excluding carboxylic acids is 2. The molecule has 2 atom stereocenters. The maximum atomic E-state index is 16.6. The van der Waals surface area contributed by atoms with Gasteiger partial charge in [-0.05, 0) is 57.7 Å². The van der Waals surface area contributed by atoms with Gasteiger partial charge in [0.15, 0.2) is 23.5 Å². The highest BCUT2D eigenvalue weighted by Crippen LogP contribution is 2.51. The summed E-state index contributed by atoms with van der Waals surface area (Å²) in [4.78, 5) is 27.6. The second kappa shape index (κ2) is 14.7. The van der Waals surface area contributed by atoms with E-state index in [4.69, 9.17) is 35.3 Å². The fourth-order valence-electron chi connectivity index (χ4n) is 5.98. The number of ether oxygens (including phenoxy) is 5. The van der Waals surface area contributed by atoms with Crippen molar-refractivity contribution in [1.82, 2.24) is 10.2 Å². The molecule has 9 nitrogen and oxygen atoms in total. The number of hydrogen-bond acceptors (Lipinski definition) is 7. The van der Waals surface area contributed by atoms with Crippen LogP contribution in [0.15, 0.2) is 48.5 Å². The van der Waals surface area contributed by atoms with Gasteiger partial charge < -0.3 is 33.9 Å². The molecule has 2 amide bonds. The molecule has 2 aliphatic rings. The third kappa shape index (κ3) is 7.69. The van der Waals surface area contributed by atoms with E-state index < -0.39 is 34.8 Å². The Kier molecular flexibility index (Phi) is 10.8. The second-order valence-electron chi connectivity index (χ2n) is 12.9. The van der Waals surface area contributed by atoms with E-state index in [1.165, 1.54) is 24.1 Å². The first-order valence-electron chi connectivity index (χ1n) is 15.9. The Hall–Kier alpha value is -3.93. The molecule has 1 saturated heterocycles. The van der Waals surface area contributed by atoms with E-state index in [-0.39, 0.29) is 65.7 Å². The number of rotatable bonds is 10. The van der Waals surface area contributed by atoms with Gasteiger partial charge in [-0.25, -0.2) is 13.6 Å². The van der Waals surface area contributed by atoms with Crippen molar-refractivity contribution in [2.45, 2.75) is 63.9 Å². The van der Waals surface area contributed by atoms with Crippen molar-refractivity contribution in [3.05, 3.63) is 81.9 Å². The highest BCUT2D eigenvalue weighted by molar-refractivity contribution is 6.34. The summed E-state index contributed by atoms with van der Waals surface area (Å²) in [7, 11) is 2.99. The summed E-state index contributed by atoms with van der Waals surface area (Å²) in [6.45, 7) is 6.05. The van der Waals surface area contributed by atoms with Crippen LogP contribution in [0.2, 0.25) is 5.02 Å². The van der Waals surface area contributed by atoms with E-state index in [1.54, 1.807) is 27.8 Å². The highest BCUT2D eigenvalue weighted by atomic mass is 35.5. The largest absolute Gasteiger partial charge is 0.488 e. The predicted molar refractivity (Wildman–Crippen MR) is 177 cm³/mol. The number of nitrogens with one attached hydrogen (secondary N) is 1. The zero-order valence-electron chi connectivity index (χ0n) is 27.8. The Labute approximate surface area is 284 Å².